The second-order valence-corrected chi connectivity index (χ2v) is 2.33. The lowest BCUT2D eigenvalue weighted by molar-refractivity contribution is -0.117. The summed E-state index contributed by atoms with van der Waals surface area (Å²) in [6, 6.07) is -0.598. The highest BCUT2D eigenvalue weighted by molar-refractivity contribution is 5.92. The molecule has 0 aliphatic carbocycles. The summed E-state index contributed by atoms with van der Waals surface area (Å²) in [5, 5.41) is 4.86. The fraction of sp³-hybridized carbons (Fsp3) is 0.429. The van der Waals surface area contributed by atoms with Gasteiger partial charge in [-0.3, -0.25) is 4.79 Å². The number of carbonyl (C=O) groups excluding carboxylic acids is 2. The molecule has 0 aromatic heterocycles. The number of primary amides is 1. The van der Waals surface area contributed by atoms with Crippen molar-refractivity contribution < 1.29 is 9.59 Å². The van der Waals surface area contributed by atoms with Gasteiger partial charge in [0.15, 0.2) is 0 Å². The third kappa shape index (κ3) is 5.28. The van der Waals surface area contributed by atoms with Crippen LogP contribution in [0.1, 0.15) is 6.92 Å². The fourth-order valence-electron chi connectivity index (χ4n) is 0.513. The normalized spacial score (nSPS) is 8.75. The van der Waals surface area contributed by atoms with Gasteiger partial charge in [-0.2, -0.15) is 0 Å². The average molecular weight is 171 g/mol. The highest BCUT2D eigenvalue weighted by Gasteiger charge is 1.99. The maximum Gasteiger partial charge on any atom is 0.312 e. The second kappa shape index (κ2) is 5.17. The molecule has 68 valence electrons. The van der Waals surface area contributed by atoms with E-state index < -0.39 is 6.03 Å². The molecule has 0 atom stereocenters. The van der Waals surface area contributed by atoms with Gasteiger partial charge in [-0.25, -0.2) is 4.79 Å². The van der Waals surface area contributed by atoms with E-state index in [-0.39, 0.29) is 5.91 Å². The molecule has 0 aliphatic rings. The summed E-state index contributed by atoms with van der Waals surface area (Å²) in [4.78, 5) is 21.0. The number of nitrogens with two attached hydrogens (primary N) is 1. The summed E-state index contributed by atoms with van der Waals surface area (Å²) in [5.74, 6) is -0.221. The van der Waals surface area contributed by atoms with E-state index in [4.69, 9.17) is 5.73 Å². The van der Waals surface area contributed by atoms with Crippen LogP contribution in [-0.2, 0) is 4.79 Å². The lowest BCUT2D eigenvalue weighted by atomic mass is 10.3. The Hall–Kier alpha value is -1.52. The number of carbonyl (C=O) groups is 2. The monoisotopic (exact) mass is 171 g/mol. The van der Waals surface area contributed by atoms with Crippen LogP contribution in [0, 0.1) is 0 Å². The van der Waals surface area contributed by atoms with E-state index in [9.17, 15) is 9.59 Å². The van der Waals surface area contributed by atoms with Crippen molar-refractivity contribution in [2.75, 3.05) is 13.1 Å². The zero-order valence-corrected chi connectivity index (χ0v) is 7.02. The van der Waals surface area contributed by atoms with Crippen LogP contribution in [0.15, 0.2) is 12.2 Å². The van der Waals surface area contributed by atoms with Gasteiger partial charge in [0.2, 0.25) is 5.91 Å². The molecule has 0 aromatic rings. The van der Waals surface area contributed by atoms with E-state index in [2.05, 4.69) is 17.2 Å². The van der Waals surface area contributed by atoms with Crippen molar-refractivity contribution in [2.45, 2.75) is 6.92 Å². The van der Waals surface area contributed by atoms with Crippen molar-refractivity contribution in [1.29, 1.82) is 0 Å². The van der Waals surface area contributed by atoms with Gasteiger partial charge in [-0.05, 0) is 6.92 Å². The van der Waals surface area contributed by atoms with Gasteiger partial charge < -0.3 is 16.4 Å². The van der Waals surface area contributed by atoms with Crippen molar-refractivity contribution in [1.82, 2.24) is 10.6 Å². The molecule has 3 amide bonds. The maximum atomic E-state index is 10.8. The van der Waals surface area contributed by atoms with E-state index in [0.717, 1.165) is 0 Å². The molecule has 0 saturated carbocycles. The minimum atomic E-state index is -0.598. The topological polar surface area (TPSA) is 84.2 Å². The van der Waals surface area contributed by atoms with Gasteiger partial charge in [0.25, 0.3) is 0 Å². The van der Waals surface area contributed by atoms with Crippen LogP contribution < -0.4 is 16.4 Å². The molecule has 5 nitrogen and oxygen atoms in total. The number of hydrogen-bond acceptors (Lipinski definition) is 2. The van der Waals surface area contributed by atoms with Gasteiger partial charge >= 0.3 is 6.03 Å². The highest BCUT2D eigenvalue weighted by Crippen LogP contribution is 1.83. The Morgan fingerprint density at radius 1 is 1.33 bits per heavy atom. The fourth-order valence-corrected chi connectivity index (χ4v) is 0.513. The SMILES string of the molecule is C=C(C)C(=O)NCCNC(N)=O. The Morgan fingerprint density at radius 3 is 2.25 bits per heavy atom. The Morgan fingerprint density at radius 2 is 1.83 bits per heavy atom. The Balaban J connectivity index is 3.38. The van der Waals surface area contributed by atoms with Crippen LogP contribution in [0.2, 0.25) is 0 Å². The van der Waals surface area contributed by atoms with E-state index in [1.807, 2.05) is 0 Å². The first-order chi connectivity index (χ1) is 5.54. The number of amides is 3. The number of hydrogen-bond donors (Lipinski definition) is 3. The molecule has 0 aromatic carbocycles. The first-order valence-corrected chi connectivity index (χ1v) is 3.51. The van der Waals surface area contributed by atoms with E-state index in [1.54, 1.807) is 6.92 Å². The summed E-state index contributed by atoms with van der Waals surface area (Å²) in [6.07, 6.45) is 0. The predicted octanol–water partition coefficient (Wildman–Crippen LogP) is -0.653. The summed E-state index contributed by atoms with van der Waals surface area (Å²) >= 11 is 0. The molecule has 0 radical (unpaired) electrons. The number of nitrogens with one attached hydrogen (secondary N) is 2. The molecule has 0 heterocycles. The van der Waals surface area contributed by atoms with Crippen molar-refractivity contribution in [2.24, 2.45) is 5.73 Å². The predicted molar refractivity (Wildman–Crippen MR) is 45.4 cm³/mol. The molecule has 0 bridgehead atoms. The van der Waals surface area contributed by atoms with Crippen molar-refractivity contribution in [3.05, 3.63) is 12.2 Å². The smallest absolute Gasteiger partial charge is 0.312 e. The van der Waals surface area contributed by atoms with E-state index in [0.29, 0.717) is 18.7 Å². The zero-order valence-electron chi connectivity index (χ0n) is 7.02. The molecule has 0 unspecified atom stereocenters. The van der Waals surface area contributed by atoms with E-state index in [1.165, 1.54) is 0 Å². The molecular formula is C7H13N3O2. The molecule has 0 spiro atoms. The molecular weight excluding hydrogens is 158 g/mol. The maximum absolute atomic E-state index is 10.8. The first-order valence-electron chi connectivity index (χ1n) is 3.51. The summed E-state index contributed by atoms with van der Waals surface area (Å²) in [5.41, 5.74) is 5.23. The van der Waals surface area contributed by atoms with Gasteiger partial charge in [-0.15, -0.1) is 0 Å². The summed E-state index contributed by atoms with van der Waals surface area (Å²) in [6.45, 7) is 5.74. The largest absolute Gasteiger partial charge is 0.352 e. The van der Waals surface area contributed by atoms with Crippen LogP contribution in [0.3, 0.4) is 0 Å². The molecule has 12 heavy (non-hydrogen) atoms. The lowest BCUT2D eigenvalue weighted by Crippen LogP contribution is -2.37. The minimum absolute atomic E-state index is 0.221. The number of urea groups is 1. The van der Waals surface area contributed by atoms with Crippen molar-refractivity contribution >= 4 is 11.9 Å². The van der Waals surface area contributed by atoms with Gasteiger partial charge in [0.1, 0.15) is 0 Å². The standard InChI is InChI=1S/C7H13N3O2/c1-5(2)6(11)9-3-4-10-7(8)12/h1,3-4H2,2H3,(H,9,11)(H3,8,10,12). The summed E-state index contributed by atoms with van der Waals surface area (Å²) < 4.78 is 0. The number of rotatable bonds is 4. The average Bonchev–Trinajstić information content (AvgIpc) is 1.97. The van der Waals surface area contributed by atoms with Crippen molar-refractivity contribution in [3.63, 3.8) is 0 Å². The highest BCUT2D eigenvalue weighted by atomic mass is 16.2. The van der Waals surface area contributed by atoms with Crippen LogP contribution >= 0.6 is 0 Å². The zero-order chi connectivity index (χ0) is 9.56. The van der Waals surface area contributed by atoms with Gasteiger partial charge in [0, 0.05) is 18.7 Å². The summed E-state index contributed by atoms with van der Waals surface area (Å²) in [7, 11) is 0. The first kappa shape index (κ1) is 10.5. The molecule has 0 rings (SSSR count). The van der Waals surface area contributed by atoms with Crippen LogP contribution in [0.25, 0.3) is 0 Å². The third-order valence-corrected chi connectivity index (χ3v) is 1.10. The molecule has 5 heteroatoms. The second-order valence-electron chi connectivity index (χ2n) is 2.33. The minimum Gasteiger partial charge on any atom is -0.352 e. The molecule has 0 aliphatic heterocycles. The molecule has 0 saturated heterocycles. The van der Waals surface area contributed by atoms with Crippen LogP contribution in [0.5, 0.6) is 0 Å². The van der Waals surface area contributed by atoms with Gasteiger partial charge in [0.05, 0.1) is 0 Å². The van der Waals surface area contributed by atoms with Crippen LogP contribution in [0.4, 0.5) is 4.79 Å². The Bertz CT molecular complexity index is 201. The molecule has 0 fully saturated rings. The van der Waals surface area contributed by atoms with Gasteiger partial charge in [-0.1, -0.05) is 6.58 Å². The Labute approximate surface area is 71.0 Å². The third-order valence-electron chi connectivity index (χ3n) is 1.10. The van der Waals surface area contributed by atoms with E-state index >= 15 is 0 Å². The van der Waals surface area contributed by atoms with Crippen molar-refractivity contribution in [3.8, 4) is 0 Å². The quantitative estimate of drug-likeness (QED) is 0.388. The Kier molecular flexibility index (Phi) is 4.52. The lowest BCUT2D eigenvalue weighted by Gasteiger charge is -2.03. The molecule has 4 N–H and O–H groups in total. The van der Waals surface area contributed by atoms with Crippen LogP contribution in [-0.4, -0.2) is 25.0 Å².